The van der Waals surface area contributed by atoms with Crippen LogP contribution in [0.1, 0.15) is 30.0 Å². The van der Waals surface area contributed by atoms with Crippen molar-refractivity contribution in [1.82, 2.24) is 19.8 Å². The molecule has 0 radical (unpaired) electrons. The number of rotatable bonds is 10. The average molecular weight is 612 g/mol. The SMILES string of the molecule is N#CC1(NC(=O)[C@H](CS(=O)(=O)N2CCN(C(=O)OCc3ccccc3)CC2)N[C@@H](c2ccc(F)cc2)C(F)(F)F)CC1. The molecular formula is C27H29F4N5O5S. The predicted octanol–water partition coefficient (Wildman–Crippen LogP) is 2.84. The number of hydrogen-bond donors (Lipinski definition) is 2. The summed E-state index contributed by atoms with van der Waals surface area (Å²) in [6, 6.07) is 9.83. The number of piperazine rings is 1. The molecule has 1 aliphatic heterocycles. The Hall–Kier alpha value is -3.74. The zero-order valence-electron chi connectivity index (χ0n) is 22.3. The lowest BCUT2D eigenvalue weighted by atomic mass is 10.0. The van der Waals surface area contributed by atoms with E-state index < -0.39 is 63.0 Å². The topological polar surface area (TPSA) is 132 Å². The molecule has 1 aliphatic carbocycles. The zero-order valence-corrected chi connectivity index (χ0v) is 23.1. The third-order valence-electron chi connectivity index (χ3n) is 7.01. The van der Waals surface area contributed by atoms with Crippen LogP contribution in [0.2, 0.25) is 0 Å². The second-order valence-corrected chi connectivity index (χ2v) is 12.1. The lowest BCUT2D eigenvalue weighted by molar-refractivity contribution is -0.160. The number of halogens is 4. The van der Waals surface area contributed by atoms with Gasteiger partial charge in [-0.3, -0.25) is 10.1 Å². The summed E-state index contributed by atoms with van der Waals surface area (Å²) in [5, 5.41) is 13.8. The zero-order chi connectivity index (χ0) is 30.5. The van der Waals surface area contributed by atoms with Gasteiger partial charge in [-0.25, -0.2) is 17.6 Å². The number of carbonyl (C=O) groups excluding carboxylic acids is 2. The van der Waals surface area contributed by atoms with Crippen LogP contribution in [0.4, 0.5) is 22.4 Å². The van der Waals surface area contributed by atoms with E-state index in [0.29, 0.717) is 0 Å². The minimum absolute atomic E-state index is 0.0270. The molecule has 226 valence electrons. The minimum Gasteiger partial charge on any atom is -0.445 e. The maximum atomic E-state index is 14.1. The fraction of sp³-hybridized carbons (Fsp3) is 0.444. The number of nitrogens with one attached hydrogen (secondary N) is 2. The first-order valence-electron chi connectivity index (χ1n) is 13.1. The van der Waals surface area contributed by atoms with Crippen molar-refractivity contribution in [1.29, 1.82) is 5.26 Å². The smallest absolute Gasteiger partial charge is 0.410 e. The van der Waals surface area contributed by atoms with Gasteiger partial charge in [0.15, 0.2) is 0 Å². The quantitative estimate of drug-likeness (QED) is 0.395. The summed E-state index contributed by atoms with van der Waals surface area (Å²) in [7, 11) is -4.33. The first-order chi connectivity index (χ1) is 19.8. The van der Waals surface area contributed by atoms with Crippen LogP contribution in [0.25, 0.3) is 0 Å². The average Bonchev–Trinajstić information content (AvgIpc) is 3.74. The van der Waals surface area contributed by atoms with E-state index in [1.54, 1.807) is 24.3 Å². The van der Waals surface area contributed by atoms with E-state index in [9.17, 15) is 40.8 Å². The van der Waals surface area contributed by atoms with Gasteiger partial charge in [0.1, 0.15) is 30.0 Å². The second kappa shape index (κ2) is 12.6. The number of hydrogen-bond acceptors (Lipinski definition) is 7. The van der Waals surface area contributed by atoms with Crippen LogP contribution in [0, 0.1) is 17.1 Å². The van der Waals surface area contributed by atoms with Crippen molar-refractivity contribution in [3.8, 4) is 6.07 Å². The van der Waals surface area contributed by atoms with Crippen LogP contribution in [0.15, 0.2) is 54.6 Å². The van der Waals surface area contributed by atoms with Crippen molar-refractivity contribution in [3.63, 3.8) is 0 Å². The van der Waals surface area contributed by atoms with Crippen molar-refractivity contribution < 1.29 is 40.3 Å². The number of benzene rings is 2. The van der Waals surface area contributed by atoms with E-state index in [0.717, 1.165) is 34.1 Å². The minimum atomic E-state index is -4.97. The molecule has 1 saturated carbocycles. The molecular weight excluding hydrogens is 582 g/mol. The molecule has 10 nitrogen and oxygen atoms in total. The first-order valence-corrected chi connectivity index (χ1v) is 14.7. The van der Waals surface area contributed by atoms with Gasteiger partial charge < -0.3 is 15.0 Å². The molecule has 4 rings (SSSR count). The standard InChI is InChI=1S/C27H29F4N5O5S/c28-21-8-6-20(7-9-21)23(27(29,30)31)33-22(24(37)34-26(18-32)10-11-26)17-42(39,40)36-14-12-35(13-15-36)25(38)41-16-19-4-2-1-3-5-19/h1-9,22-23,33H,10-17H2,(H,34,37)/t22-,23-/m0/s1. The first kappa shape index (κ1) is 31.2. The molecule has 2 N–H and O–H groups in total. The molecule has 0 spiro atoms. The number of nitrogens with zero attached hydrogens (tertiary/aromatic N) is 3. The summed E-state index contributed by atoms with van der Waals surface area (Å²) < 4.78 is 88.5. The number of carbonyl (C=O) groups is 2. The molecule has 0 unspecified atom stereocenters. The van der Waals surface area contributed by atoms with Crippen molar-refractivity contribution in [2.75, 3.05) is 31.9 Å². The Morgan fingerprint density at radius 2 is 1.64 bits per heavy atom. The lowest BCUT2D eigenvalue weighted by Gasteiger charge is -2.34. The van der Waals surface area contributed by atoms with Crippen LogP contribution in [0.5, 0.6) is 0 Å². The Bertz CT molecular complexity index is 1410. The highest BCUT2D eigenvalue weighted by atomic mass is 32.2. The van der Waals surface area contributed by atoms with Gasteiger partial charge in [-0.05, 0) is 36.1 Å². The van der Waals surface area contributed by atoms with Gasteiger partial charge in [0, 0.05) is 26.2 Å². The molecule has 2 amide bonds. The highest BCUT2D eigenvalue weighted by molar-refractivity contribution is 7.89. The Morgan fingerprint density at radius 3 is 2.19 bits per heavy atom. The van der Waals surface area contributed by atoms with Gasteiger partial charge in [0.2, 0.25) is 15.9 Å². The van der Waals surface area contributed by atoms with E-state index in [4.69, 9.17) is 4.74 Å². The predicted molar refractivity (Wildman–Crippen MR) is 141 cm³/mol. The van der Waals surface area contributed by atoms with Crippen molar-refractivity contribution in [2.45, 2.75) is 43.2 Å². The number of sulfonamides is 1. The summed E-state index contributed by atoms with van der Waals surface area (Å²) in [5.41, 5.74) is -0.926. The van der Waals surface area contributed by atoms with Gasteiger partial charge in [0.25, 0.3) is 0 Å². The molecule has 1 heterocycles. The van der Waals surface area contributed by atoms with Gasteiger partial charge >= 0.3 is 12.3 Å². The fourth-order valence-electron chi connectivity index (χ4n) is 4.42. The van der Waals surface area contributed by atoms with Crippen LogP contribution in [0.3, 0.4) is 0 Å². The van der Waals surface area contributed by atoms with Crippen molar-refractivity contribution >= 4 is 22.0 Å². The molecule has 2 aliphatic rings. The maximum Gasteiger partial charge on any atom is 0.410 e. The highest BCUT2D eigenvalue weighted by Crippen LogP contribution is 2.36. The monoisotopic (exact) mass is 611 g/mol. The van der Waals surface area contributed by atoms with Gasteiger partial charge in [-0.15, -0.1) is 0 Å². The Balaban J connectivity index is 1.45. The fourth-order valence-corrected chi connectivity index (χ4v) is 6.02. The largest absolute Gasteiger partial charge is 0.445 e. The molecule has 0 aromatic heterocycles. The van der Waals surface area contributed by atoms with E-state index in [1.807, 2.05) is 12.1 Å². The molecule has 0 bridgehead atoms. The van der Waals surface area contributed by atoms with Crippen LogP contribution in [-0.2, 0) is 26.2 Å². The number of alkyl halides is 3. The lowest BCUT2D eigenvalue weighted by Crippen LogP contribution is -2.57. The third kappa shape index (κ3) is 7.96. The Kier molecular flexibility index (Phi) is 9.39. The second-order valence-electron chi connectivity index (χ2n) is 10.1. The Morgan fingerprint density at radius 1 is 1.02 bits per heavy atom. The number of ether oxygens (including phenoxy) is 1. The summed E-state index contributed by atoms with van der Waals surface area (Å²) in [5.74, 6) is -2.91. The molecule has 15 heteroatoms. The van der Waals surface area contributed by atoms with Crippen LogP contribution >= 0.6 is 0 Å². The normalized spacial score (nSPS) is 18.4. The van der Waals surface area contributed by atoms with E-state index >= 15 is 0 Å². The summed E-state index contributed by atoms with van der Waals surface area (Å²) in [4.78, 5) is 26.9. The number of amides is 2. The molecule has 2 fully saturated rings. The van der Waals surface area contributed by atoms with Gasteiger partial charge in [-0.2, -0.15) is 22.7 Å². The Labute approximate surface area is 240 Å². The summed E-state index contributed by atoms with van der Waals surface area (Å²) in [6.45, 7) is -0.371. The summed E-state index contributed by atoms with van der Waals surface area (Å²) >= 11 is 0. The molecule has 42 heavy (non-hydrogen) atoms. The van der Waals surface area contributed by atoms with Crippen LogP contribution < -0.4 is 10.6 Å². The third-order valence-corrected chi connectivity index (χ3v) is 8.92. The van der Waals surface area contributed by atoms with E-state index in [1.165, 1.54) is 4.90 Å². The van der Waals surface area contributed by atoms with E-state index in [2.05, 4.69) is 10.6 Å². The van der Waals surface area contributed by atoms with Gasteiger partial charge in [-0.1, -0.05) is 42.5 Å². The number of nitriles is 1. The summed E-state index contributed by atoms with van der Waals surface area (Å²) in [6.07, 6.45) is -5.07. The molecule has 2 atom stereocenters. The van der Waals surface area contributed by atoms with E-state index in [-0.39, 0.29) is 45.6 Å². The molecule has 2 aromatic carbocycles. The van der Waals surface area contributed by atoms with Crippen molar-refractivity contribution in [2.24, 2.45) is 0 Å². The van der Waals surface area contributed by atoms with Crippen molar-refractivity contribution in [3.05, 3.63) is 71.5 Å². The molecule has 1 saturated heterocycles. The highest BCUT2D eigenvalue weighted by Gasteiger charge is 2.48. The maximum absolute atomic E-state index is 14.1. The van der Waals surface area contributed by atoms with Gasteiger partial charge in [0.05, 0.1) is 11.8 Å². The molecule has 2 aromatic rings. The van der Waals surface area contributed by atoms with Crippen LogP contribution in [-0.4, -0.2) is 79.3 Å².